The summed E-state index contributed by atoms with van der Waals surface area (Å²) in [6, 6.07) is 8.84. The Morgan fingerprint density at radius 1 is 1.32 bits per heavy atom. The van der Waals surface area contributed by atoms with Crippen molar-refractivity contribution in [2.75, 3.05) is 0 Å². The summed E-state index contributed by atoms with van der Waals surface area (Å²) < 4.78 is 25.7. The molecule has 0 spiro atoms. The van der Waals surface area contributed by atoms with Crippen molar-refractivity contribution >= 4 is 17.2 Å². The molecule has 1 atom stereocenters. The summed E-state index contributed by atoms with van der Waals surface area (Å²) in [6.45, 7) is 0. The van der Waals surface area contributed by atoms with Crippen LogP contribution in [0.2, 0.25) is 0 Å². The van der Waals surface area contributed by atoms with Gasteiger partial charge in [0.25, 0.3) is 12.3 Å². The van der Waals surface area contributed by atoms with Gasteiger partial charge in [0.1, 0.15) is 0 Å². The third kappa shape index (κ3) is 2.72. The average Bonchev–Trinajstić information content (AvgIpc) is 3.12. The maximum atomic E-state index is 12.8. The van der Waals surface area contributed by atoms with Crippen molar-refractivity contribution in [2.45, 2.75) is 25.3 Å². The number of nitrogens with zero attached hydrogens (tertiary/aromatic N) is 1. The van der Waals surface area contributed by atoms with Gasteiger partial charge in [-0.1, -0.05) is 6.07 Å². The van der Waals surface area contributed by atoms with Gasteiger partial charge >= 0.3 is 0 Å². The molecule has 112 valence electrons. The van der Waals surface area contributed by atoms with Crippen molar-refractivity contribution in [3.63, 3.8) is 0 Å². The third-order valence-corrected chi connectivity index (χ3v) is 4.67. The van der Waals surface area contributed by atoms with Crippen molar-refractivity contribution in [1.29, 1.82) is 5.26 Å². The highest BCUT2D eigenvalue weighted by atomic mass is 32.1. The summed E-state index contributed by atoms with van der Waals surface area (Å²) in [5.41, 5.74) is 2.75. The van der Waals surface area contributed by atoms with Crippen LogP contribution < -0.4 is 5.32 Å². The SMILES string of the molecule is N#Cc1ccc2c(c1)CC(NC(=O)c1ccsc1C(F)F)C2. The van der Waals surface area contributed by atoms with Gasteiger partial charge < -0.3 is 5.32 Å². The number of alkyl halides is 2. The zero-order valence-electron chi connectivity index (χ0n) is 11.5. The minimum Gasteiger partial charge on any atom is -0.349 e. The largest absolute Gasteiger partial charge is 0.349 e. The molecule has 2 aromatic rings. The van der Waals surface area contributed by atoms with Crippen LogP contribution >= 0.6 is 11.3 Å². The van der Waals surface area contributed by atoms with Gasteiger partial charge in [0, 0.05) is 6.04 Å². The Bertz CT molecular complexity index is 764. The molecule has 1 N–H and O–H groups in total. The lowest BCUT2D eigenvalue weighted by atomic mass is 10.1. The molecule has 1 aromatic heterocycles. The van der Waals surface area contributed by atoms with Gasteiger partial charge in [-0.25, -0.2) is 8.78 Å². The Balaban J connectivity index is 1.72. The number of carbonyl (C=O) groups is 1. The normalized spacial score (nSPS) is 16.4. The molecular formula is C16H12F2N2OS. The lowest BCUT2D eigenvalue weighted by Crippen LogP contribution is -2.35. The van der Waals surface area contributed by atoms with Gasteiger partial charge in [0.15, 0.2) is 0 Å². The van der Waals surface area contributed by atoms with Crippen molar-refractivity contribution < 1.29 is 13.6 Å². The molecule has 6 heteroatoms. The van der Waals surface area contributed by atoms with E-state index in [9.17, 15) is 13.6 Å². The zero-order chi connectivity index (χ0) is 15.7. The number of nitrogens with one attached hydrogen (secondary N) is 1. The Hall–Kier alpha value is -2.26. The molecule has 1 aromatic carbocycles. The van der Waals surface area contributed by atoms with E-state index in [1.165, 1.54) is 11.4 Å². The minimum absolute atomic E-state index is 0.0497. The summed E-state index contributed by atoms with van der Waals surface area (Å²) in [7, 11) is 0. The summed E-state index contributed by atoms with van der Waals surface area (Å²) in [6.07, 6.45) is -1.37. The number of halogens is 2. The number of nitriles is 1. The van der Waals surface area contributed by atoms with Gasteiger partial charge in [-0.2, -0.15) is 5.26 Å². The van der Waals surface area contributed by atoms with Gasteiger partial charge in [-0.05, 0) is 47.5 Å². The fraction of sp³-hybridized carbons (Fsp3) is 0.250. The Morgan fingerprint density at radius 2 is 2.09 bits per heavy atom. The fourth-order valence-electron chi connectivity index (χ4n) is 2.73. The molecular weight excluding hydrogens is 306 g/mol. The van der Waals surface area contributed by atoms with E-state index in [-0.39, 0.29) is 16.5 Å². The lowest BCUT2D eigenvalue weighted by Gasteiger charge is -2.12. The highest BCUT2D eigenvalue weighted by molar-refractivity contribution is 7.10. The average molecular weight is 318 g/mol. The molecule has 1 heterocycles. The summed E-state index contributed by atoms with van der Waals surface area (Å²) in [5, 5.41) is 13.2. The molecule has 0 saturated carbocycles. The first kappa shape index (κ1) is 14.7. The number of hydrogen-bond donors (Lipinski definition) is 1. The van der Waals surface area contributed by atoms with E-state index in [1.807, 2.05) is 12.1 Å². The number of fused-ring (bicyclic) bond motifs is 1. The Morgan fingerprint density at radius 3 is 2.82 bits per heavy atom. The van der Waals surface area contributed by atoms with Crippen molar-refractivity contribution in [2.24, 2.45) is 0 Å². The van der Waals surface area contributed by atoms with Crippen molar-refractivity contribution in [1.82, 2.24) is 5.32 Å². The maximum Gasteiger partial charge on any atom is 0.273 e. The molecule has 1 unspecified atom stereocenters. The van der Waals surface area contributed by atoms with Crippen molar-refractivity contribution in [3.05, 3.63) is 56.8 Å². The standard InChI is InChI=1S/C16H12F2N2OS/c17-15(18)14-13(3-4-22-14)16(21)20-12-6-10-2-1-9(8-19)5-11(10)7-12/h1-5,12,15H,6-7H2,(H,20,21). The predicted molar refractivity (Wildman–Crippen MR) is 79.1 cm³/mol. The molecule has 3 rings (SSSR count). The van der Waals surface area contributed by atoms with Crippen LogP contribution in [0.15, 0.2) is 29.6 Å². The molecule has 1 amide bonds. The van der Waals surface area contributed by atoms with Crippen LogP contribution in [0.25, 0.3) is 0 Å². The molecule has 0 bridgehead atoms. The maximum absolute atomic E-state index is 12.8. The van der Waals surface area contributed by atoms with Crippen LogP contribution in [0.1, 0.15) is 38.4 Å². The van der Waals surface area contributed by atoms with E-state index in [0.29, 0.717) is 18.4 Å². The predicted octanol–water partition coefficient (Wildman–Crippen LogP) is 3.45. The molecule has 0 aliphatic heterocycles. The molecule has 22 heavy (non-hydrogen) atoms. The lowest BCUT2D eigenvalue weighted by molar-refractivity contribution is 0.0927. The van der Waals surface area contributed by atoms with Gasteiger partial charge in [0.05, 0.1) is 22.1 Å². The van der Waals surface area contributed by atoms with E-state index in [4.69, 9.17) is 5.26 Å². The second-order valence-electron chi connectivity index (χ2n) is 5.17. The quantitative estimate of drug-likeness (QED) is 0.942. The zero-order valence-corrected chi connectivity index (χ0v) is 12.3. The fourth-order valence-corrected chi connectivity index (χ4v) is 3.47. The second-order valence-corrected chi connectivity index (χ2v) is 6.12. The van der Waals surface area contributed by atoms with Crippen LogP contribution in [0, 0.1) is 11.3 Å². The highest BCUT2D eigenvalue weighted by Gasteiger charge is 2.26. The number of carbonyl (C=O) groups excluding carboxylic acids is 1. The number of thiophene rings is 1. The minimum atomic E-state index is -2.64. The third-order valence-electron chi connectivity index (χ3n) is 3.74. The number of rotatable bonds is 3. The molecule has 3 nitrogen and oxygen atoms in total. The molecule has 1 aliphatic carbocycles. The van der Waals surface area contributed by atoms with Crippen molar-refractivity contribution in [3.8, 4) is 6.07 Å². The molecule has 0 fully saturated rings. The Labute approximate surface area is 130 Å². The topological polar surface area (TPSA) is 52.9 Å². The van der Waals surface area contributed by atoms with Crippen LogP contribution in [0.4, 0.5) is 8.78 Å². The summed E-state index contributed by atoms with van der Waals surface area (Å²) >= 11 is 0.889. The monoisotopic (exact) mass is 318 g/mol. The van der Waals surface area contributed by atoms with Gasteiger partial charge in [-0.15, -0.1) is 11.3 Å². The van der Waals surface area contributed by atoms with Crippen LogP contribution in [0.3, 0.4) is 0 Å². The van der Waals surface area contributed by atoms with Crippen LogP contribution in [0.5, 0.6) is 0 Å². The smallest absolute Gasteiger partial charge is 0.273 e. The Kier molecular flexibility index (Phi) is 3.90. The van der Waals surface area contributed by atoms with E-state index in [1.54, 1.807) is 6.07 Å². The molecule has 1 aliphatic rings. The van der Waals surface area contributed by atoms with E-state index < -0.39 is 12.3 Å². The van der Waals surface area contributed by atoms with E-state index in [0.717, 1.165) is 22.5 Å². The number of amides is 1. The van der Waals surface area contributed by atoms with E-state index >= 15 is 0 Å². The van der Waals surface area contributed by atoms with Crippen LogP contribution in [-0.4, -0.2) is 11.9 Å². The summed E-state index contributed by atoms with van der Waals surface area (Å²) in [5.74, 6) is -0.463. The first-order valence-electron chi connectivity index (χ1n) is 6.76. The molecule has 0 saturated heterocycles. The van der Waals surface area contributed by atoms with Gasteiger partial charge in [-0.3, -0.25) is 4.79 Å². The first-order chi connectivity index (χ1) is 10.6. The van der Waals surface area contributed by atoms with Crippen LogP contribution in [-0.2, 0) is 12.8 Å². The number of hydrogen-bond acceptors (Lipinski definition) is 3. The molecule has 0 radical (unpaired) electrons. The summed E-state index contributed by atoms with van der Waals surface area (Å²) in [4.78, 5) is 12.0. The first-order valence-corrected chi connectivity index (χ1v) is 7.64. The van der Waals surface area contributed by atoms with E-state index in [2.05, 4.69) is 11.4 Å². The highest BCUT2D eigenvalue weighted by Crippen LogP contribution is 2.29. The number of benzene rings is 1. The second kappa shape index (κ2) is 5.85. The van der Waals surface area contributed by atoms with Gasteiger partial charge in [0.2, 0.25) is 0 Å².